The zero-order chi connectivity index (χ0) is 17.1. The summed E-state index contributed by atoms with van der Waals surface area (Å²) in [6.45, 7) is 8.41. The lowest BCUT2D eigenvalue weighted by Gasteiger charge is -2.34. The van der Waals surface area contributed by atoms with Crippen LogP contribution in [0.3, 0.4) is 0 Å². The van der Waals surface area contributed by atoms with E-state index in [-0.39, 0.29) is 17.2 Å². The zero-order valence-corrected chi connectivity index (χ0v) is 14.1. The Hall–Kier alpha value is -2.77. The second-order valence-electron chi connectivity index (χ2n) is 7.23. The number of aromatic amines is 1. The van der Waals surface area contributed by atoms with Crippen molar-refractivity contribution in [2.45, 2.75) is 40.0 Å². The van der Waals surface area contributed by atoms with Gasteiger partial charge in [0.05, 0.1) is 12.0 Å². The van der Waals surface area contributed by atoms with E-state index in [0.717, 1.165) is 11.3 Å². The van der Waals surface area contributed by atoms with Gasteiger partial charge in [-0.3, -0.25) is 4.79 Å². The Labute approximate surface area is 138 Å². The standard InChI is InChI=1S/C16H19N7O/c1-8-11-9(16(2,3)4)5-10(24)21-14(11)23(22-8)15-12-13(18-6-17-12)19-7-20-15/h6-7,9H,5H2,1-4H3,(H,21,24)(H,17,18,19,20)/t9-/m1/s1. The number of amides is 1. The fourth-order valence-electron chi connectivity index (χ4n) is 3.35. The predicted molar refractivity (Wildman–Crippen MR) is 89.0 cm³/mol. The van der Waals surface area contributed by atoms with Gasteiger partial charge in [0.1, 0.15) is 17.7 Å². The van der Waals surface area contributed by atoms with E-state index in [2.05, 4.69) is 51.1 Å². The topological polar surface area (TPSA) is 101 Å². The van der Waals surface area contributed by atoms with E-state index in [1.54, 1.807) is 11.0 Å². The first-order chi connectivity index (χ1) is 11.4. The minimum Gasteiger partial charge on any atom is -0.340 e. The van der Waals surface area contributed by atoms with Crippen molar-refractivity contribution in [2.75, 3.05) is 5.32 Å². The molecule has 3 aromatic heterocycles. The van der Waals surface area contributed by atoms with Gasteiger partial charge in [-0.1, -0.05) is 20.8 Å². The smallest absolute Gasteiger partial charge is 0.226 e. The lowest BCUT2D eigenvalue weighted by atomic mass is 9.73. The number of imidazole rings is 1. The zero-order valence-electron chi connectivity index (χ0n) is 14.1. The number of aryl methyl sites for hydroxylation is 1. The highest BCUT2D eigenvalue weighted by Crippen LogP contribution is 2.45. The summed E-state index contributed by atoms with van der Waals surface area (Å²) in [5.74, 6) is 1.38. The first-order valence-corrected chi connectivity index (χ1v) is 7.90. The van der Waals surface area contributed by atoms with Crippen LogP contribution in [0.15, 0.2) is 12.7 Å². The normalized spacial score (nSPS) is 17.8. The Morgan fingerprint density at radius 1 is 1.25 bits per heavy atom. The second kappa shape index (κ2) is 4.86. The highest BCUT2D eigenvalue weighted by Gasteiger charge is 2.38. The molecule has 0 aliphatic carbocycles. The molecule has 1 atom stereocenters. The number of fused-ring (bicyclic) bond motifs is 2. The molecule has 0 bridgehead atoms. The molecular weight excluding hydrogens is 306 g/mol. The van der Waals surface area contributed by atoms with Gasteiger partial charge in [0.25, 0.3) is 0 Å². The van der Waals surface area contributed by atoms with Gasteiger partial charge >= 0.3 is 0 Å². The van der Waals surface area contributed by atoms with Crippen LogP contribution in [0.2, 0.25) is 0 Å². The molecule has 1 aliphatic rings. The molecule has 8 nitrogen and oxygen atoms in total. The van der Waals surface area contributed by atoms with Gasteiger partial charge < -0.3 is 10.3 Å². The van der Waals surface area contributed by atoms with Gasteiger partial charge in [0.2, 0.25) is 5.91 Å². The van der Waals surface area contributed by atoms with Crippen LogP contribution in [-0.2, 0) is 4.79 Å². The Morgan fingerprint density at radius 3 is 2.79 bits per heavy atom. The minimum absolute atomic E-state index is 0.00140. The highest BCUT2D eigenvalue weighted by molar-refractivity contribution is 5.95. The Kier molecular flexibility index (Phi) is 3.00. The molecular formula is C16H19N7O. The third kappa shape index (κ3) is 2.10. The molecule has 0 aromatic carbocycles. The predicted octanol–water partition coefficient (Wildman–Crippen LogP) is 2.32. The number of nitrogens with zero attached hydrogens (tertiary/aromatic N) is 5. The van der Waals surface area contributed by atoms with Crippen molar-refractivity contribution in [1.82, 2.24) is 29.7 Å². The van der Waals surface area contributed by atoms with Crippen LogP contribution in [0.5, 0.6) is 0 Å². The summed E-state index contributed by atoms with van der Waals surface area (Å²) in [6.07, 6.45) is 3.49. The van der Waals surface area contributed by atoms with Gasteiger partial charge in [-0.2, -0.15) is 9.78 Å². The van der Waals surface area contributed by atoms with E-state index in [9.17, 15) is 4.79 Å². The number of anilines is 1. The van der Waals surface area contributed by atoms with Crippen LogP contribution in [0.1, 0.15) is 44.4 Å². The molecule has 124 valence electrons. The largest absolute Gasteiger partial charge is 0.340 e. The van der Waals surface area contributed by atoms with E-state index in [0.29, 0.717) is 29.2 Å². The fourth-order valence-corrected chi connectivity index (χ4v) is 3.35. The number of H-pyrrole nitrogens is 1. The van der Waals surface area contributed by atoms with Gasteiger partial charge in [-0.05, 0) is 12.3 Å². The van der Waals surface area contributed by atoms with Crippen LogP contribution in [0.4, 0.5) is 5.82 Å². The summed E-state index contributed by atoms with van der Waals surface area (Å²) in [5, 5.41) is 7.63. The molecule has 0 unspecified atom stereocenters. The summed E-state index contributed by atoms with van der Waals surface area (Å²) < 4.78 is 1.68. The van der Waals surface area contributed by atoms with Crippen molar-refractivity contribution >= 4 is 22.9 Å². The maximum atomic E-state index is 12.3. The van der Waals surface area contributed by atoms with Crippen LogP contribution in [0.25, 0.3) is 17.0 Å². The monoisotopic (exact) mass is 325 g/mol. The van der Waals surface area contributed by atoms with Crippen molar-refractivity contribution in [1.29, 1.82) is 0 Å². The van der Waals surface area contributed by atoms with Crippen molar-refractivity contribution in [3.05, 3.63) is 23.9 Å². The van der Waals surface area contributed by atoms with Gasteiger partial charge in [-0.25, -0.2) is 15.0 Å². The highest BCUT2D eigenvalue weighted by atomic mass is 16.1. The van der Waals surface area contributed by atoms with Crippen LogP contribution in [0, 0.1) is 12.3 Å². The number of aromatic nitrogens is 6. The van der Waals surface area contributed by atoms with E-state index in [1.807, 2.05) is 6.92 Å². The fraction of sp³-hybridized carbons (Fsp3) is 0.438. The lowest BCUT2D eigenvalue weighted by molar-refractivity contribution is -0.117. The van der Waals surface area contributed by atoms with Gasteiger partial charge in [0, 0.05) is 17.9 Å². The number of rotatable bonds is 1. The molecule has 0 saturated carbocycles. The average Bonchev–Trinajstić information content (AvgIpc) is 3.10. The first-order valence-electron chi connectivity index (χ1n) is 7.90. The molecule has 0 radical (unpaired) electrons. The Morgan fingerprint density at radius 2 is 2.04 bits per heavy atom. The third-order valence-electron chi connectivity index (χ3n) is 4.55. The third-order valence-corrected chi connectivity index (χ3v) is 4.55. The Bertz CT molecular complexity index is 947. The SMILES string of the molecule is Cc1nn(-c2ncnc3nc[nH]c23)c2c1[C@H](C(C)(C)C)CC(=O)N2. The van der Waals surface area contributed by atoms with Crippen LogP contribution >= 0.6 is 0 Å². The number of carbonyl (C=O) groups excluding carboxylic acids is 1. The molecule has 4 heterocycles. The van der Waals surface area contributed by atoms with E-state index in [1.165, 1.54) is 6.33 Å². The van der Waals surface area contributed by atoms with Crippen LogP contribution < -0.4 is 5.32 Å². The average molecular weight is 325 g/mol. The molecule has 1 amide bonds. The van der Waals surface area contributed by atoms with E-state index < -0.39 is 0 Å². The maximum Gasteiger partial charge on any atom is 0.226 e. The molecule has 3 aromatic rings. The molecule has 2 N–H and O–H groups in total. The summed E-state index contributed by atoms with van der Waals surface area (Å²) in [6, 6.07) is 0. The van der Waals surface area contributed by atoms with Crippen molar-refractivity contribution in [2.24, 2.45) is 5.41 Å². The molecule has 4 rings (SSSR count). The summed E-state index contributed by atoms with van der Waals surface area (Å²) in [7, 11) is 0. The molecule has 8 heteroatoms. The van der Waals surface area contributed by atoms with Crippen molar-refractivity contribution < 1.29 is 4.79 Å². The second-order valence-corrected chi connectivity index (χ2v) is 7.23. The molecule has 24 heavy (non-hydrogen) atoms. The minimum atomic E-state index is -0.0416. The number of hydrogen-bond acceptors (Lipinski definition) is 5. The molecule has 0 saturated heterocycles. The van der Waals surface area contributed by atoms with E-state index >= 15 is 0 Å². The summed E-state index contributed by atoms with van der Waals surface area (Å²) in [5.41, 5.74) is 3.19. The molecule has 0 fully saturated rings. The Balaban J connectivity index is 1.97. The van der Waals surface area contributed by atoms with Crippen LogP contribution in [-0.4, -0.2) is 35.6 Å². The number of nitrogens with one attached hydrogen (secondary N) is 2. The van der Waals surface area contributed by atoms with Crippen molar-refractivity contribution in [3.8, 4) is 5.82 Å². The quantitative estimate of drug-likeness (QED) is 0.715. The van der Waals surface area contributed by atoms with E-state index in [4.69, 9.17) is 0 Å². The number of hydrogen-bond donors (Lipinski definition) is 2. The lowest BCUT2D eigenvalue weighted by Crippen LogP contribution is -2.31. The number of carbonyl (C=O) groups is 1. The van der Waals surface area contributed by atoms with Crippen molar-refractivity contribution in [3.63, 3.8) is 0 Å². The maximum absolute atomic E-state index is 12.3. The van der Waals surface area contributed by atoms with Gasteiger partial charge in [-0.15, -0.1) is 0 Å². The molecule has 1 aliphatic heterocycles. The summed E-state index contributed by atoms with van der Waals surface area (Å²) in [4.78, 5) is 28.0. The van der Waals surface area contributed by atoms with Gasteiger partial charge in [0.15, 0.2) is 11.5 Å². The first kappa shape index (κ1) is 14.8. The molecule has 0 spiro atoms. The summed E-state index contributed by atoms with van der Waals surface area (Å²) >= 11 is 0.